The van der Waals surface area contributed by atoms with Crippen LogP contribution in [-0.2, 0) is 6.54 Å². The number of halogens is 1. The monoisotopic (exact) mass is 310 g/mol. The van der Waals surface area contributed by atoms with Gasteiger partial charge in [-0.3, -0.25) is 0 Å². The predicted molar refractivity (Wildman–Crippen MR) is 69.0 cm³/mol. The summed E-state index contributed by atoms with van der Waals surface area (Å²) in [6, 6.07) is 5.17. The summed E-state index contributed by atoms with van der Waals surface area (Å²) in [5.41, 5.74) is 1.16. The molecule has 18 heavy (non-hydrogen) atoms. The molecular weight excluding hydrogens is 300 g/mol. The van der Waals surface area contributed by atoms with Crippen LogP contribution >= 0.6 is 15.9 Å². The van der Waals surface area contributed by atoms with Crippen LogP contribution in [0.1, 0.15) is 16.1 Å². The van der Waals surface area contributed by atoms with E-state index in [1.54, 1.807) is 36.2 Å². The quantitative estimate of drug-likeness (QED) is 0.942. The summed E-state index contributed by atoms with van der Waals surface area (Å²) >= 11 is 3.27. The summed E-state index contributed by atoms with van der Waals surface area (Å²) < 4.78 is 7.42. The fraction of sp³-hybridized carbons (Fsp3) is 0.167. The Morgan fingerprint density at radius 1 is 1.56 bits per heavy atom. The lowest BCUT2D eigenvalue weighted by Gasteiger charge is -2.07. The van der Waals surface area contributed by atoms with E-state index in [0.717, 1.165) is 10.0 Å². The van der Waals surface area contributed by atoms with Crippen molar-refractivity contribution in [3.63, 3.8) is 0 Å². The molecule has 0 radical (unpaired) electrons. The van der Waals surface area contributed by atoms with Gasteiger partial charge in [0, 0.05) is 29.5 Å². The summed E-state index contributed by atoms with van der Waals surface area (Å²) in [5, 5.41) is 9.08. The third-order valence-electron chi connectivity index (χ3n) is 2.44. The maximum Gasteiger partial charge on any atom is 0.352 e. The summed E-state index contributed by atoms with van der Waals surface area (Å²) in [5.74, 6) is -0.447. The highest BCUT2D eigenvalue weighted by Gasteiger charge is 2.12. The molecule has 1 N–H and O–H groups in total. The molecule has 0 amide bonds. The van der Waals surface area contributed by atoms with E-state index in [0.29, 0.717) is 12.4 Å². The van der Waals surface area contributed by atoms with Crippen LogP contribution in [-0.4, -0.2) is 27.7 Å². The van der Waals surface area contributed by atoms with E-state index in [1.165, 1.54) is 0 Å². The second-order valence-corrected chi connectivity index (χ2v) is 4.60. The Morgan fingerprint density at radius 2 is 2.33 bits per heavy atom. The molecule has 0 bridgehead atoms. The number of hydrogen-bond donors (Lipinski definition) is 1. The standard InChI is InChI=1S/C12H11BrN2O3/c1-18-11-4-8(2-3-14-11)6-15-7-9(13)5-10(15)12(16)17/h2-5,7H,6H2,1H3,(H,16,17). The van der Waals surface area contributed by atoms with E-state index in [-0.39, 0.29) is 5.69 Å². The zero-order valence-corrected chi connectivity index (χ0v) is 11.2. The highest BCUT2D eigenvalue weighted by Crippen LogP contribution is 2.18. The Bertz CT molecular complexity index is 580. The highest BCUT2D eigenvalue weighted by atomic mass is 79.9. The smallest absolute Gasteiger partial charge is 0.352 e. The molecule has 5 nitrogen and oxygen atoms in total. The Morgan fingerprint density at radius 3 is 3.00 bits per heavy atom. The van der Waals surface area contributed by atoms with E-state index in [1.807, 2.05) is 6.07 Å². The molecule has 0 fully saturated rings. The van der Waals surface area contributed by atoms with Crippen LogP contribution in [0, 0.1) is 0 Å². The third-order valence-corrected chi connectivity index (χ3v) is 2.88. The van der Waals surface area contributed by atoms with Gasteiger partial charge in [0.15, 0.2) is 0 Å². The van der Waals surface area contributed by atoms with Gasteiger partial charge in [0.25, 0.3) is 0 Å². The second-order valence-electron chi connectivity index (χ2n) is 3.68. The summed E-state index contributed by atoms with van der Waals surface area (Å²) in [6.07, 6.45) is 3.36. The number of methoxy groups -OCH3 is 1. The number of hydrogen-bond acceptors (Lipinski definition) is 3. The normalized spacial score (nSPS) is 10.3. The minimum atomic E-state index is -0.957. The number of pyridine rings is 1. The molecule has 0 saturated heterocycles. The van der Waals surface area contributed by atoms with Gasteiger partial charge in [-0.25, -0.2) is 9.78 Å². The van der Waals surface area contributed by atoms with Crippen molar-refractivity contribution in [1.82, 2.24) is 9.55 Å². The van der Waals surface area contributed by atoms with Crippen LogP contribution in [0.25, 0.3) is 0 Å². The fourth-order valence-corrected chi connectivity index (χ4v) is 2.11. The Hall–Kier alpha value is -1.82. The van der Waals surface area contributed by atoms with E-state index < -0.39 is 5.97 Å². The van der Waals surface area contributed by atoms with Crippen molar-refractivity contribution < 1.29 is 14.6 Å². The lowest BCUT2D eigenvalue weighted by Crippen LogP contribution is -2.08. The number of ether oxygens (including phenoxy) is 1. The van der Waals surface area contributed by atoms with Crippen LogP contribution < -0.4 is 4.74 Å². The number of rotatable bonds is 4. The van der Waals surface area contributed by atoms with E-state index >= 15 is 0 Å². The van der Waals surface area contributed by atoms with Gasteiger partial charge < -0.3 is 14.4 Å². The summed E-state index contributed by atoms with van der Waals surface area (Å²) in [7, 11) is 1.54. The zero-order valence-electron chi connectivity index (χ0n) is 9.63. The first-order valence-electron chi connectivity index (χ1n) is 5.18. The van der Waals surface area contributed by atoms with Crippen molar-refractivity contribution >= 4 is 21.9 Å². The molecular formula is C12H11BrN2O3. The number of carboxylic acid groups (broad SMARTS) is 1. The Balaban J connectivity index is 2.30. The van der Waals surface area contributed by atoms with Crippen molar-refractivity contribution in [3.8, 4) is 5.88 Å². The van der Waals surface area contributed by atoms with Gasteiger partial charge >= 0.3 is 5.97 Å². The van der Waals surface area contributed by atoms with Gasteiger partial charge in [0.1, 0.15) is 5.69 Å². The maximum atomic E-state index is 11.1. The molecule has 0 atom stereocenters. The van der Waals surface area contributed by atoms with Crippen LogP contribution in [0.5, 0.6) is 5.88 Å². The molecule has 0 aliphatic rings. The zero-order chi connectivity index (χ0) is 13.1. The van der Waals surface area contributed by atoms with Crippen molar-refractivity contribution in [2.45, 2.75) is 6.54 Å². The van der Waals surface area contributed by atoms with Gasteiger partial charge in [-0.05, 0) is 33.6 Å². The molecule has 0 spiro atoms. The average Bonchev–Trinajstić information content (AvgIpc) is 2.70. The maximum absolute atomic E-state index is 11.1. The first kappa shape index (κ1) is 12.6. The van der Waals surface area contributed by atoms with Crippen LogP contribution in [0.15, 0.2) is 35.1 Å². The molecule has 2 aromatic heterocycles. The number of aromatic carboxylic acids is 1. The molecule has 0 aromatic carbocycles. The minimum Gasteiger partial charge on any atom is -0.481 e. The van der Waals surface area contributed by atoms with Crippen molar-refractivity contribution in [1.29, 1.82) is 0 Å². The van der Waals surface area contributed by atoms with E-state index in [4.69, 9.17) is 9.84 Å². The average molecular weight is 311 g/mol. The molecule has 0 unspecified atom stereocenters. The first-order valence-corrected chi connectivity index (χ1v) is 5.97. The third kappa shape index (κ3) is 2.70. The number of nitrogens with zero attached hydrogens (tertiary/aromatic N) is 2. The second kappa shape index (κ2) is 5.22. The SMILES string of the molecule is COc1cc(Cn2cc(Br)cc2C(=O)O)ccn1. The summed E-state index contributed by atoms with van der Waals surface area (Å²) in [6.45, 7) is 0.451. The topological polar surface area (TPSA) is 64.3 Å². The van der Waals surface area contributed by atoms with Gasteiger partial charge in [-0.15, -0.1) is 0 Å². The molecule has 0 aliphatic carbocycles. The Labute approximate surface area is 112 Å². The molecule has 94 valence electrons. The van der Waals surface area contributed by atoms with Crippen LogP contribution in [0.3, 0.4) is 0 Å². The lowest BCUT2D eigenvalue weighted by atomic mass is 10.2. The van der Waals surface area contributed by atoms with Gasteiger partial charge in [0.05, 0.1) is 7.11 Å². The lowest BCUT2D eigenvalue weighted by molar-refractivity contribution is 0.0685. The first-order chi connectivity index (χ1) is 8.60. The predicted octanol–water partition coefficient (Wildman–Crippen LogP) is 2.40. The van der Waals surface area contributed by atoms with Crippen LogP contribution in [0.4, 0.5) is 0 Å². The molecule has 2 heterocycles. The molecule has 2 aromatic rings. The van der Waals surface area contributed by atoms with Crippen molar-refractivity contribution in [3.05, 3.63) is 46.3 Å². The number of carbonyl (C=O) groups is 1. The molecule has 2 rings (SSSR count). The van der Waals surface area contributed by atoms with Crippen molar-refractivity contribution in [2.24, 2.45) is 0 Å². The van der Waals surface area contributed by atoms with Crippen LogP contribution in [0.2, 0.25) is 0 Å². The number of carboxylic acids is 1. The molecule has 0 saturated carbocycles. The number of aromatic nitrogens is 2. The highest BCUT2D eigenvalue weighted by molar-refractivity contribution is 9.10. The van der Waals surface area contributed by atoms with E-state index in [2.05, 4.69) is 20.9 Å². The minimum absolute atomic E-state index is 0.234. The van der Waals surface area contributed by atoms with Crippen molar-refractivity contribution in [2.75, 3.05) is 7.11 Å². The van der Waals surface area contributed by atoms with E-state index in [9.17, 15) is 4.79 Å². The molecule has 0 aliphatic heterocycles. The van der Waals surface area contributed by atoms with Gasteiger partial charge in [-0.2, -0.15) is 0 Å². The Kier molecular flexibility index (Phi) is 3.66. The van der Waals surface area contributed by atoms with Gasteiger partial charge in [-0.1, -0.05) is 0 Å². The molecule has 6 heteroatoms. The summed E-state index contributed by atoms with van der Waals surface area (Å²) in [4.78, 5) is 15.1. The largest absolute Gasteiger partial charge is 0.481 e. The fourth-order valence-electron chi connectivity index (χ4n) is 1.64. The van der Waals surface area contributed by atoms with Gasteiger partial charge in [0.2, 0.25) is 5.88 Å².